The van der Waals surface area contributed by atoms with Crippen molar-refractivity contribution in [3.8, 4) is 0 Å². The highest BCUT2D eigenvalue weighted by Crippen LogP contribution is 2.31. The minimum absolute atomic E-state index is 0.0677. The molecular formula is C14H23NO5S. The van der Waals surface area contributed by atoms with Gasteiger partial charge in [-0.1, -0.05) is 6.92 Å². The fourth-order valence-electron chi connectivity index (χ4n) is 2.63. The molecule has 1 aliphatic rings. The van der Waals surface area contributed by atoms with E-state index in [1.165, 1.54) is 0 Å². The summed E-state index contributed by atoms with van der Waals surface area (Å²) < 4.78 is 38.4. The predicted molar refractivity (Wildman–Crippen MR) is 77.5 cm³/mol. The molecule has 2 heterocycles. The van der Waals surface area contributed by atoms with Gasteiger partial charge in [-0.3, -0.25) is 0 Å². The first-order valence-corrected chi connectivity index (χ1v) is 8.54. The summed E-state index contributed by atoms with van der Waals surface area (Å²) in [5, 5.41) is 9.37. The first-order chi connectivity index (χ1) is 9.79. The molecule has 2 rings (SSSR count). The van der Waals surface area contributed by atoms with Crippen LogP contribution in [0.2, 0.25) is 0 Å². The fourth-order valence-corrected chi connectivity index (χ4v) is 4.26. The average Bonchev–Trinajstić information content (AvgIpc) is 2.72. The zero-order valence-electron chi connectivity index (χ0n) is 12.7. The number of aryl methyl sites for hydroxylation is 2. The van der Waals surface area contributed by atoms with Gasteiger partial charge in [-0.05, 0) is 32.1 Å². The molecule has 1 aromatic heterocycles. The molecule has 0 radical (unpaired) electrons. The van der Waals surface area contributed by atoms with E-state index in [0.29, 0.717) is 36.8 Å². The Bertz CT molecular complexity index is 599. The van der Waals surface area contributed by atoms with Gasteiger partial charge in [0.05, 0.1) is 6.61 Å². The summed E-state index contributed by atoms with van der Waals surface area (Å²) in [5.74, 6) is 0.744. The summed E-state index contributed by atoms with van der Waals surface area (Å²) in [5.41, 5.74) is 0.231. The fraction of sp³-hybridized carbons (Fsp3) is 0.714. The molecule has 0 spiro atoms. The Morgan fingerprint density at radius 2 is 1.86 bits per heavy atom. The van der Waals surface area contributed by atoms with E-state index < -0.39 is 10.0 Å². The summed E-state index contributed by atoms with van der Waals surface area (Å²) in [4.78, 5) is 0.0677. The monoisotopic (exact) mass is 317 g/mol. The lowest BCUT2D eigenvalue weighted by molar-refractivity contribution is 0.0264. The molecule has 0 amide bonds. The molecule has 0 unspecified atom stereocenters. The highest BCUT2D eigenvalue weighted by Gasteiger charge is 2.32. The van der Waals surface area contributed by atoms with Gasteiger partial charge in [0, 0.05) is 25.3 Å². The number of furan rings is 1. The molecule has 6 nitrogen and oxygen atoms in total. The Kier molecular flexibility index (Phi) is 4.77. The Morgan fingerprint density at radius 3 is 2.43 bits per heavy atom. The summed E-state index contributed by atoms with van der Waals surface area (Å²) in [6.45, 7) is 6.61. The van der Waals surface area contributed by atoms with Gasteiger partial charge in [-0.15, -0.1) is 0 Å². The Labute approximate surface area is 125 Å². The van der Waals surface area contributed by atoms with Crippen LogP contribution in [-0.2, 0) is 21.4 Å². The van der Waals surface area contributed by atoms with Crippen molar-refractivity contribution >= 4 is 10.0 Å². The van der Waals surface area contributed by atoms with Crippen LogP contribution in [0.15, 0.2) is 9.31 Å². The van der Waals surface area contributed by atoms with Gasteiger partial charge >= 0.3 is 0 Å². The second-order valence-electron chi connectivity index (χ2n) is 5.93. The van der Waals surface area contributed by atoms with Gasteiger partial charge < -0.3 is 14.3 Å². The predicted octanol–water partition coefficient (Wildman–Crippen LogP) is 1.48. The van der Waals surface area contributed by atoms with Crippen LogP contribution in [0.25, 0.3) is 0 Å². The number of hydrogen-bond acceptors (Lipinski definition) is 5. The van der Waals surface area contributed by atoms with E-state index in [2.05, 4.69) is 11.6 Å². The van der Waals surface area contributed by atoms with Crippen molar-refractivity contribution in [1.82, 2.24) is 4.72 Å². The van der Waals surface area contributed by atoms with E-state index in [-0.39, 0.29) is 16.9 Å². The first-order valence-electron chi connectivity index (χ1n) is 7.06. The molecule has 1 fully saturated rings. The van der Waals surface area contributed by atoms with Gasteiger partial charge in [-0.2, -0.15) is 0 Å². The third-order valence-corrected chi connectivity index (χ3v) is 5.74. The normalized spacial score (nSPS) is 18.9. The standard InChI is InChI=1S/C14H23NO5S/c1-10-12(8-16)13(11(2)20-10)21(17,18)15-9-14(3)4-6-19-7-5-14/h15-16H,4-9H2,1-3H3. The molecule has 21 heavy (non-hydrogen) atoms. The maximum Gasteiger partial charge on any atom is 0.244 e. The molecule has 1 aliphatic heterocycles. The summed E-state index contributed by atoms with van der Waals surface area (Å²) in [6.07, 6.45) is 1.65. The van der Waals surface area contributed by atoms with E-state index in [4.69, 9.17) is 9.15 Å². The van der Waals surface area contributed by atoms with Crippen LogP contribution < -0.4 is 4.72 Å². The van der Waals surface area contributed by atoms with Crippen LogP contribution in [-0.4, -0.2) is 33.3 Å². The maximum absolute atomic E-state index is 12.5. The Morgan fingerprint density at radius 1 is 1.24 bits per heavy atom. The number of rotatable bonds is 5. The van der Waals surface area contributed by atoms with Crippen molar-refractivity contribution in [1.29, 1.82) is 0 Å². The molecule has 1 aromatic rings. The minimum Gasteiger partial charge on any atom is -0.465 e. The van der Waals surface area contributed by atoms with E-state index in [9.17, 15) is 13.5 Å². The van der Waals surface area contributed by atoms with Gasteiger partial charge in [0.1, 0.15) is 16.4 Å². The van der Waals surface area contributed by atoms with Crippen LogP contribution in [0.4, 0.5) is 0 Å². The minimum atomic E-state index is -3.69. The molecule has 2 N–H and O–H groups in total. The second kappa shape index (κ2) is 6.08. The topological polar surface area (TPSA) is 88.8 Å². The maximum atomic E-state index is 12.5. The van der Waals surface area contributed by atoms with Crippen molar-refractivity contribution in [3.05, 3.63) is 17.1 Å². The Hall–Kier alpha value is -0.890. The summed E-state index contributed by atoms with van der Waals surface area (Å²) >= 11 is 0. The van der Waals surface area contributed by atoms with Crippen molar-refractivity contribution < 1.29 is 22.7 Å². The molecule has 0 atom stereocenters. The quantitative estimate of drug-likeness (QED) is 0.859. The number of hydrogen-bond donors (Lipinski definition) is 2. The van der Waals surface area contributed by atoms with E-state index >= 15 is 0 Å². The number of sulfonamides is 1. The Balaban J connectivity index is 2.19. The highest BCUT2D eigenvalue weighted by molar-refractivity contribution is 7.89. The second-order valence-corrected chi connectivity index (χ2v) is 7.63. The largest absolute Gasteiger partial charge is 0.465 e. The first kappa shape index (κ1) is 16.5. The zero-order chi connectivity index (χ0) is 15.7. The molecule has 1 saturated heterocycles. The smallest absolute Gasteiger partial charge is 0.244 e. The lowest BCUT2D eigenvalue weighted by atomic mass is 9.83. The van der Waals surface area contributed by atoms with Crippen molar-refractivity contribution in [2.75, 3.05) is 19.8 Å². The lowest BCUT2D eigenvalue weighted by Crippen LogP contribution is -2.39. The van der Waals surface area contributed by atoms with Crippen molar-refractivity contribution in [2.45, 2.75) is 45.1 Å². The van der Waals surface area contributed by atoms with Crippen molar-refractivity contribution in [2.24, 2.45) is 5.41 Å². The molecule has 120 valence electrons. The molecule has 7 heteroatoms. The lowest BCUT2D eigenvalue weighted by Gasteiger charge is -2.33. The van der Waals surface area contributed by atoms with Crippen LogP contribution in [0, 0.1) is 19.3 Å². The third-order valence-electron chi connectivity index (χ3n) is 4.14. The molecule has 0 aliphatic carbocycles. The number of aliphatic hydroxyl groups excluding tert-OH is 1. The highest BCUT2D eigenvalue weighted by atomic mass is 32.2. The van der Waals surface area contributed by atoms with E-state index in [1.54, 1.807) is 13.8 Å². The summed E-state index contributed by atoms with van der Waals surface area (Å²) in [7, 11) is -3.69. The van der Waals surface area contributed by atoms with Crippen LogP contribution in [0.1, 0.15) is 36.8 Å². The van der Waals surface area contributed by atoms with Crippen molar-refractivity contribution in [3.63, 3.8) is 0 Å². The van der Waals surface area contributed by atoms with E-state index in [0.717, 1.165) is 12.8 Å². The molecule has 0 aromatic carbocycles. The summed E-state index contributed by atoms with van der Waals surface area (Å²) in [6, 6.07) is 0. The molecular weight excluding hydrogens is 294 g/mol. The van der Waals surface area contributed by atoms with Gasteiger partial charge in [0.2, 0.25) is 10.0 Å². The van der Waals surface area contributed by atoms with Crippen LogP contribution in [0.5, 0.6) is 0 Å². The van der Waals surface area contributed by atoms with Gasteiger partial charge in [-0.25, -0.2) is 13.1 Å². The average molecular weight is 317 g/mol. The molecule has 0 saturated carbocycles. The zero-order valence-corrected chi connectivity index (χ0v) is 13.5. The third kappa shape index (κ3) is 3.48. The number of nitrogens with one attached hydrogen (secondary N) is 1. The SMILES string of the molecule is Cc1oc(C)c(S(=O)(=O)NCC2(C)CCOCC2)c1CO. The van der Waals surface area contributed by atoms with Crippen LogP contribution >= 0.6 is 0 Å². The van der Waals surface area contributed by atoms with Gasteiger partial charge in [0.25, 0.3) is 0 Å². The van der Waals surface area contributed by atoms with Crippen LogP contribution in [0.3, 0.4) is 0 Å². The van der Waals surface area contributed by atoms with E-state index in [1.807, 2.05) is 0 Å². The molecule has 0 bridgehead atoms. The number of aliphatic hydroxyl groups is 1. The number of ether oxygens (including phenoxy) is 1. The van der Waals surface area contributed by atoms with Gasteiger partial charge in [0.15, 0.2) is 0 Å².